The predicted molar refractivity (Wildman–Crippen MR) is 52.7 cm³/mol. The van der Waals surface area contributed by atoms with Crippen molar-refractivity contribution in [3.8, 4) is 0 Å². The minimum atomic E-state index is -0.316. The Bertz CT molecular complexity index is 128. The van der Waals surface area contributed by atoms with Crippen molar-refractivity contribution >= 4 is 5.71 Å². The van der Waals surface area contributed by atoms with Gasteiger partial charge in [0.05, 0.1) is 6.04 Å². The highest BCUT2D eigenvalue weighted by atomic mass is 19.1. The van der Waals surface area contributed by atoms with E-state index < -0.39 is 0 Å². The van der Waals surface area contributed by atoms with Crippen LogP contribution in [0.3, 0.4) is 0 Å². The maximum absolute atomic E-state index is 12.3. The van der Waals surface area contributed by atoms with E-state index in [1.54, 1.807) is 0 Å². The van der Waals surface area contributed by atoms with Crippen LogP contribution in [0.25, 0.3) is 0 Å². The lowest BCUT2D eigenvalue weighted by Gasteiger charge is -2.08. The van der Waals surface area contributed by atoms with Crippen molar-refractivity contribution in [1.82, 2.24) is 0 Å². The first-order chi connectivity index (χ1) is 5.78. The molecule has 0 fully saturated rings. The fourth-order valence-electron chi connectivity index (χ4n) is 1.11. The Kier molecular flexibility index (Phi) is 7.02. The maximum Gasteiger partial charge on any atom is 0.112 e. The van der Waals surface area contributed by atoms with Crippen LogP contribution in [0.15, 0.2) is 4.99 Å². The Hall–Kier alpha value is -0.400. The summed E-state index contributed by atoms with van der Waals surface area (Å²) in [6.07, 6.45) is 3.90. The van der Waals surface area contributed by atoms with Crippen molar-refractivity contribution in [1.29, 1.82) is 0 Å². The fourth-order valence-corrected chi connectivity index (χ4v) is 1.11. The molecule has 0 heterocycles. The highest BCUT2D eigenvalue weighted by Gasteiger charge is 2.03. The predicted octanol–water partition coefficient (Wildman–Crippen LogP) is 3.39. The largest absolute Gasteiger partial charge is 0.288 e. The normalized spacial score (nSPS) is 14.8. The van der Waals surface area contributed by atoms with E-state index in [0.717, 1.165) is 25.7 Å². The van der Waals surface area contributed by atoms with Gasteiger partial charge >= 0.3 is 0 Å². The van der Waals surface area contributed by atoms with E-state index in [4.69, 9.17) is 0 Å². The Morgan fingerprint density at radius 1 is 1.33 bits per heavy atom. The molecule has 0 aliphatic rings. The third kappa shape index (κ3) is 4.47. The smallest absolute Gasteiger partial charge is 0.112 e. The first-order valence-electron chi connectivity index (χ1n) is 4.89. The summed E-state index contributed by atoms with van der Waals surface area (Å²) >= 11 is 0. The van der Waals surface area contributed by atoms with Gasteiger partial charge in [0, 0.05) is 5.71 Å². The fraction of sp³-hybridized carbons (Fsp3) is 0.900. The van der Waals surface area contributed by atoms with Gasteiger partial charge in [0.15, 0.2) is 0 Å². The molecule has 0 radical (unpaired) electrons. The first kappa shape index (κ1) is 11.6. The molecule has 1 nitrogen and oxygen atoms in total. The number of hydrogen-bond donors (Lipinski definition) is 0. The molecule has 0 saturated carbocycles. The van der Waals surface area contributed by atoms with Crippen LogP contribution in [0, 0.1) is 0 Å². The summed E-state index contributed by atoms with van der Waals surface area (Å²) in [5.74, 6) is 0. The second-order valence-electron chi connectivity index (χ2n) is 3.02. The van der Waals surface area contributed by atoms with Crippen LogP contribution >= 0.6 is 0 Å². The van der Waals surface area contributed by atoms with Gasteiger partial charge in [-0.3, -0.25) is 4.99 Å². The van der Waals surface area contributed by atoms with Crippen molar-refractivity contribution in [3.05, 3.63) is 0 Å². The Morgan fingerprint density at radius 2 is 2.00 bits per heavy atom. The zero-order valence-corrected chi connectivity index (χ0v) is 8.44. The van der Waals surface area contributed by atoms with E-state index in [9.17, 15) is 4.39 Å². The monoisotopic (exact) mass is 173 g/mol. The van der Waals surface area contributed by atoms with Gasteiger partial charge in [0.2, 0.25) is 0 Å². The van der Waals surface area contributed by atoms with Crippen molar-refractivity contribution in [2.75, 3.05) is 6.67 Å². The topological polar surface area (TPSA) is 12.4 Å². The van der Waals surface area contributed by atoms with Gasteiger partial charge in [-0.25, -0.2) is 4.39 Å². The summed E-state index contributed by atoms with van der Waals surface area (Å²) in [4.78, 5) is 4.36. The van der Waals surface area contributed by atoms with Crippen LogP contribution in [0.1, 0.15) is 46.5 Å². The Morgan fingerprint density at radius 3 is 2.33 bits per heavy atom. The molecule has 0 bridgehead atoms. The van der Waals surface area contributed by atoms with Crippen LogP contribution in [0.4, 0.5) is 4.39 Å². The average molecular weight is 173 g/mol. The lowest BCUT2D eigenvalue weighted by molar-refractivity contribution is 0.423. The number of hydrogen-bond acceptors (Lipinski definition) is 1. The Labute approximate surface area is 75.1 Å². The zero-order valence-electron chi connectivity index (χ0n) is 8.44. The standard InChI is InChI=1S/C10H20FN/c1-4-7-9(5-2)12-10(6-3)8-11/h10H,4-8H2,1-3H3. The van der Waals surface area contributed by atoms with E-state index in [2.05, 4.69) is 18.8 Å². The molecule has 1 atom stereocenters. The molecule has 0 spiro atoms. The molecule has 0 aliphatic carbocycles. The van der Waals surface area contributed by atoms with Gasteiger partial charge in [-0.1, -0.05) is 27.2 Å². The summed E-state index contributed by atoms with van der Waals surface area (Å²) in [5, 5.41) is 0. The Balaban J connectivity index is 4.03. The quantitative estimate of drug-likeness (QED) is 0.546. The third-order valence-electron chi connectivity index (χ3n) is 1.96. The van der Waals surface area contributed by atoms with E-state index in [-0.39, 0.29) is 12.7 Å². The molecule has 0 amide bonds. The number of aliphatic imine (C=N–C) groups is 1. The van der Waals surface area contributed by atoms with Gasteiger partial charge < -0.3 is 0 Å². The van der Waals surface area contributed by atoms with Gasteiger partial charge in [0.25, 0.3) is 0 Å². The molecule has 0 aromatic heterocycles. The maximum atomic E-state index is 12.3. The second-order valence-corrected chi connectivity index (χ2v) is 3.02. The minimum absolute atomic E-state index is 0.0912. The number of alkyl halides is 1. The molecule has 72 valence electrons. The van der Waals surface area contributed by atoms with Crippen LogP contribution in [-0.2, 0) is 0 Å². The molecule has 0 aromatic rings. The number of nitrogens with zero attached hydrogens (tertiary/aromatic N) is 1. The summed E-state index contributed by atoms with van der Waals surface area (Å²) in [5.41, 5.74) is 1.17. The van der Waals surface area contributed by atoms with Crippen LogP contribution < -0.4 is 0 Å². The average Bonchev–Trinajstić information content (AvgIpc) is 2.12. The molecule has 2 heteroatoms. The van der Waals surface area contributed by atoms with Gasteiger partial charge in [0.1, 0.15) is 6.67 Å². The summed E-state index contributed by atoms with van der Waals surface area (Å²) in [7, 11) is 0. The lowest BCUT2D eigenvalue weighted by Crippen LogP contribution is -2.09. The van der Waals surface area contributed by atoms with Crippen molar-refractivity contribution in [2.45, 2.75) is 52.5 Å². The summed E-state index contributed by atoms with van der Waals surface area (Å²) < 4.78 is 12.3. The number of rotatable bonds is 6. The third-order valence-corrected chi connectivity index (χ3v) is 1.96. The highest BCUT2D eigenvalue weighted by molar-refractivity contribution is 5.84. The first-order valence-corrected chi connectivity index (χ1v) is 4.89. The zero-order chi connectivity index (χ0) is 9.40. The molecular weight excluding hydrogens is 153 g/mol. The molecule has 0 aromatic carbocycles. The SMILES string of the molecule is CCCC(CC)=NC(CC)CF. The molecule has 12 heavy (non-hydrogen) atoms. The van der Waals surface area contributed by atoms with E-state index in [0.29, 0.717) is 0 Å². The van der Waals surface area contributed by atoms with Crippen molar-refractivity contribution in [3.63, 3.8) is 0 Å². The molecule has 0 aliphatic heterocycles. The summed E-state index contributed by atoms with van der Waals surface area (Å²) in [6, 6.07) is -0.0912. The molecular formula is C10H20FN. The molecule has 0 saturated heterocycles. The van der Waals surface area contributed by atoms with E-state index in [1.807, 2.05) is 6.92 Å². The number of halogens is 1. The van der Waals surface area contributed by atoms with Gasteiger partial charge in [-0.05, 0) is 19.3 Å². The molecule has 0 N–H and O–H groups in total. The molecule has 1 unspecified atom stereocenters. The van der Waals surface area contributed by atoms with E-state index >= 15 is 0 Å². The lowest BCUT2D eigenvalue weighted by atomic mass is 10.1. The van der Waals surface area contributed by atoms with Crippen molar-refractivity contribution in [2.24, 2.45) is 4.99 Å². The second kappa shape index (κ2) is 7.26. The van der Waals surface area contributed by atoms with Crippen molar-refractivity contribution < 1.29 is 4.39 Å². The van der Waals surface area contributed by atoms with Crippen LogP contribution in [-0.4, -0.2) is 18.4 Å². The van der Waals surface area contributed by atoms with Gasteiger partial charge in [-0.2, -0.15) is 0 Å². The van der Waals surface area contributed by atoms with Gasteiger partial charge in [-0.15, -0.1) is 0 Å². The molecule has 0 rings (SSSR count). The summed E-state index contributed by atoms with van der Waals surface area (Å²) in [6.45, 7) is 5.87. The van der Waals surface area contributed by atoms with Crippen LogP contribution in [0.2, 0.25) is 0 Å². The highest BCUT2D eigenvalue weighted by Crippen LogP contribution is 2.04. The van der Waals surface area contributed by atoms with Crippen LogP contribution in [0.5, 0.6) is 0 Å². The minimum Gasteiger partial charge on any atom is -0.288 e. The van der Waals surface area contributed by atoms with E-state index in [1.165, 1.54) is 5.71 Å².